The number of carbonyl (C=O) groups excluding carboxylic acids is 1. The molecule has 0 spiro atoms. The minimum absolute atomic E-state index is 0.0215. The van der Waals surface area contributed by atoms with Crippen molar-refractivity contribution in [3.63, 3.8) is 0 Å². The molecule has 0 unspecified atom stereocenters. The maximum absolute atomic E-state index is 11.3. The van der Waals surface area contributed by atoms with E-state index in [1.54, 1.807) is 0 Å². The average Bonchev–Trinajstić information content (AvgIpc) is 2.45. The first-order chi connectivity index (χ1) is 9.81. The first-order valence-corrected chi connectivity index (χ1v) is 7.24. The Bertz CT molecular complexity index is 263. The minimum atomic E-state index is 0.0215. The van der Waals surface area contributed by atoms with Crippen LogP contribution in [0.25, 0.3) is 0 Å². The SMILES string of the molecule is C#CCCCC(=O)NCCOCCOCCOCCC. The molecule has 0 radical (unpaired) electrons. The Morgan fingerprint density at radius 1 is 1.05 bits per heavy atom. The van der Waals surface area contributed by atoms with Gasteiger partial charge in [0.1, 0.15) is 0 Å². The standard InChI is InChI=1S/C15H27NO4/c1-3-5-6-7-15(17)16-8-10-19-12-14-20-13-11-18-9-4-2/h1H,4-14H2,2H3,(H,16,17). The predicted octanol–water partition coefficient (Wildman–Crippen LogP) is 1.37. The summed E-state index contributed by atoms with van der Waals surface area (Å²) in [5, 5.41) is 2.77. The summed E-state index contributed by atoms with van der Waals surface area (Å²) >= 11 is 0. The van der Waals surface area contributed by atoms with Crippen molar-refractivity contribution in [3.05, 3.63) is 0 Å². The highest BCUT2D eigenvalue weighted by Gasteiger charge is 1.99. The van der Waals surface area contributed by atoms with Crippen LogP contribution in [-0.4, -0.2) is 52.1 Å². The van der Waals surface area contributed by atoms with Gasteiger partial charge in [-0.15, -0.1) is 12.3 Å². The molecule has 0 atom stereocenters. The predicted molar refractivity (Wildman–Crippen MR) is 78.4 cm³/mol. The van der Waals surface area contributed by atoms with Crippen LogP contribution in [0.1, 0.15) is 32.6 Å². The average molecular weight is 285 g/mol. The monoisotopic (exact) mass is 285 g/mol. The van der Waals surface area contributed by atoms with Gasteiger partial charge in [-0.2, -0.15) is 0 Å². The summed E-state index contributed by atoms with van der Waals surface area (Å²) in [5.41, 5.74) is 0. The summed E-state index contributed by atoms with van der Waals surface area (Å²) in [7, 11) is 0. The molecular weight excluding hydrogens is 258 g/mol. The third-order valence-corrected chi connectivity index (χ3v) is 2.39. The van der Waals surface area contributed by atoms with Crippen LogP contribution >= 0.6 is 0 Å². The topological polar surface area (TPSA) is 56.8 Å². The van der Waals surface area contributed by atoms with Gasteiger partial charge in [0.15, 0.2) is 0 Å². The van der Waals surface area contributed by atoms with Gasteiger partial charge in [-0.3, -0.25) is 4.79 Å². The number of hydrogen-bond acceptors (Lipinski definition) is 4. The van der Waals surface area contributed by atoms with Gasteiger partial charge >= 0.3 is 0 Å². The van der Waals surface area contributed by atoms with E-state index in [0.29, 0.717) is 52.4 Å². The van der Waals surface area contributed by atoms with E-state index in [9.17, 15) is 4.79 Å². The van der Waals surface area contributed by atoms with Crippen LogP contribution < -0.4 is 5.32 Å². The highest BCUT2D eigenvalue weighted by Crippen LogP contribution is 1.92. The van der Waals surface area contributed by atoms with Crippen molar-refractivity contribution >= 4 is 5.91 Å². The minimum Gasteiger partial charge on any atom is -0.379 e. The lowest BCUT2D eigenvalue weighted by molar-refractivity contribution is -0.121. The number of nitrogens with one attached hydrogen (secondary N) is 1. The van der Waals surface area contributed by atoms with Crippen LogP contribution in [0.4, 0.5) is 0 Å². The van der Waals surface area contributed by atoms with E-state index in [0.717, 1.165) is 19.4 Å². The van der Waals surface area contributed by atoms with Crippen molar-refractivity contribution < 1.29 is 19.0 Å². The second kappa shape index (κ2) is 16.0. The summed E-state index contributed by atoms with van der Waals surface area (Å²) < 4.78 is 15.9. The maximum atomic E-state index is 11.3. The van der Waals surface area contributed by atoms with Gasteiger partial charge in [0.25, 0.3) is 0 Å². The molecule has 0 fully saturated rings. The Balaban J connectivity index is 3.09. The third-order valence-electron chi connectivity index (χ3n) is 2.39. The van der Waals surface area contributed by atoms with Crippen LogP contribution in [0.5, 0.6) is 0 Å². The zero-order valence-corrected chi connectivity index (χ0v) is 12.5. The molecule has 0 aliphatic heterocycles. The molecule has 1 amide bonds. The third kappa shape index (κ3) is 15.0. The largest absolute Gasteiger partial charge is 0.379 e. The first-order valence-electron chi connectivity index (χ1n) is 7.24. The molecule has 0 aromatic carbocycles. The molecule has 0 aliphatic rings. The van der Waals surface area contributed by atoms with E-state index in [2.05, 4.69) is 18.2 Å². The van der Waals surface area contributed by atoms with Crippen molar-refractivity contribution in [2.45, 2.75) is 32.6 Å². The highest BCUT2D eigenvalue weighted by molar-refractivity contribution is 5.75. The van der Waals surface area contributed by atoms with Crippen molar-refractivity contribution in [1.29, 1.82) is 0 Å². The van der Waals surface area contributed by atoms with Crippen molar-refractivity contribution in [2.24, 2.45) is 0 Å². The summed E-state index contributed by atoms with van der Waals surface area (Å²) in [5.74, 6) is 2.53. The van der Waals surface area contributed by atoms with Crippen LogP contribution in [0.15, 0.2) is 0 Å². The fraction of sp³-hybridized carbons (Fsp3) is 0.800. The van der Waals surface area contributed by atoms with E-state index in [-0.39, 0.29) is 5.91 Å². The van der Waals surface area contributed by atoms with Gasteiger partial charge in [0.2, 0.25) is 5.91 Å². The second-order valence-electron chi connectivity index (χ2n) is 4.24. The number of carbonyl (C=O) groups is 1. The van der Waals surface area contributed by atoms with E-state index in [1.807, 2.05) is 0 Å². The molecule has 5 heteroatoms. The van der Waals surface area contributed by atoms with E-state index >= 15 is 0 Å². The summed E-state index contributed by atoms with van der Waals surface area (Å²) in [6.45, 7) is 6.16. The fourth-order valence-electron chi connectivity index (χ4n) is 1.39. The Morgan fingerprint density at radius 3 is 2.25 bits per heavy atom. The fourth-order valence-corrected chi connectivity index (χ4v) is 1.39. The maximum Gasteiger partial charge on any atom is 0.220 e. The number of unbranched alkanes of at least 4 members (excludes halogenated alkanes) is 1. The van der Waals surface area contributed by atoms with Crippen molar-refractivity contribution in [2.75, 3.05) is 46.2 Å². The van der Waals surface area contributed by atoms with Gasteiger partial charge in [0.05, 0.1) is 33.0 Å². The van der Waals surface area contributed by atoms with Gasteiger partial charge in [-0.05, 0) is 12.8 Å². The van der Waals surface area contributed by atoms with E-state index in [1.165, 1.54) is 0 Å². The molecule has 20 heavy (non-hydrogen) atoms. The highest BCUT2D eigenvalue weighted by atomic mass is 16.5. The van der Waals surface area contributed by atoms with Gasteiger partial charge in [-0.25, -0.2) is 0 Å². The smallest absolute Gasteiger partial charge is 0.220 e. The number of hydrogen-bond donors (Lipinski definition) is 1. The zero-order chi connectivity index (χ0) is 14.9. The lowest BCUT2D eigenvalue weighted by atomic mass is 10.2. The molecule has 0 saturated carbocycles. The van der Waals surface area contributed by atoms with Crippen LogP contribution in [-0.2, 0) is 19.0 Å². The molecule has 5 nitrogen and oxygen atoms in total. The normalized spacial score (nSPS) is 10.2. The van der Waals surface area contributed by atoms with Crippen molar-refractivity contribution in [3.8, 4) is 12.3 Å². The van der Waals surface area contributed by atoms with Gasteiger partial charge in [-0.1, -0.05) is 6.92 Å². The van der Waals surface area contributed by atoms with Gasteiger partial charge < -0.3 is 19.5 Å². The molecular formula is C15H27NO4. The Morgan fingerprint density at radius 2 is 1.65 bits per heavy atom. The molecule has 0 aliphatic carbocycles. The molecule has 0 saturated heterocycles. The van der Waals surface area contributed by atoms with Gasteiger partial charge in [0, 0.05) is 26.0 Å². The molecule has 1 N–H and O–H groups in total. The summed E-state index contributed by atoms with van der Waals surface area (Å²) in [6, 6.07) is 0. The molecule has 0 aromatic rings. The Labute approximate surface area is 122 Å². The summed E-state index contributed by atoms with van der Waals surface area (Å²) in [6.07, 6.45) is 7.98. The van der Waals surface area contributed by atoms with E-state index in [4.69, 9.17) is 20.6 Å². The number of ether oxygens (including phenoxy) is 3. The van der Waals surface area contributed by atoms with E-state index < -0.39 is 0 Å². The lowest BCUT2D eigenvalue weighted by Crippen LogP contribution is -2.27. The quantitative estimate of drug-likeness (QED) is 0.387. The molecule has 116 valence electrons. The molecule has 0 bridgehead atoms. The zero-order valence-electron chi connectivity index (χ0n) is 12.5. The lowest BCUT2D eigenvalue weighted by Gasteiger charge is -2.07. The van der Waals surface area contributed by atoms with Crippen LogP contribution in [0.2, 0.25) is 0 Å². The second-order valence-corrected chi connectivity index (χ2v) is 4.24. The summed E-state index contributed by atoms with van der Waals surface area (Å²) in [4.78, 5) is 11.3. The van der Waals surface area contributed by atoms with Crippen LogP contribution in [0.3, 0.4) is 0 Å². The number of terminal acetylenes is 1. The van der Waals surface area contributed by atoms with Crippen molar-refractivity contribution in [1.82, 2.24) is 5.32 Å². The molecule has 0 rings (SSSR count). The Hall–Kier alpha value is -1.09. The molecule has 0 aromatic heterocycles. The molecule has 0 heterocycles. The Kier molecular flexibility index (Phi) is 15.1. The van der Waals surface area contributed by atoms with Crippen LogP contribution in [0, 0.1) is 12.3 Å². The first kappa shape index (κ1) is 18.9. The number of rotatable bonds is 14. The number of amides is 1.